The lowest BCUT2D eigenvalue weighted by molar-refractivity contribution is -0.155. The molecule has 3 aliphatic rings. The molecule has 4 unspecified atom stereocenters. The maximum absolute atomic E-state index is 14.6. The summed E-state index contributed by atoms with van der Waals surface area (Å²) in [6.45, 7) is 15.0. The SMILES string of the molecule is CCn1c(-c2cccnc2C(C)OC)c2c3cc(ccc31)-c1csc(n1)CC(NC(=O)C(C(C)C)N(C)C(=O)C1CCN(CC#CC=O)CC1)C(=O)N1CCCC(N1)C(=O)OCC(C)(C)C2. The number of hydrogen-bond donors (Lipinski definition) is 2. The van der Waals surface area contributed by atoms with E-state index in [1.165, 1.54) is 21.2 Å². The van der Waals surface area contributed by atoms with Gasteiger partial charge in [-0.3, -0.25) is 38.9 Å². The summed E-state index contributed by atoms with van der Waals surface area (Å²) in [6.07, 6.45) is 5.02. The Bertz CT molecular complexity index is 2500. The van der Waals surface area contributed by atoms with Crippen LogP contribution in [0.5, 0.6) is 0 Å². The first-order valence-corrected chi connectivity index (χ1v) is 24.1. The minimum atomic E-state index is -1.06. The van der Waals surface area contributed by atoms with E-state index in [0.29, 0.717) is 76.1 Å². The van der Waals surface area contributed by atoms with Crippen LogP contribution in [0.2, 0.25) is 0 Å². The first-order chi connectivity index (χ1) is 31.6. The maximum Gasteiger partial charge on any atom is 0.324 e. The van der Waals surface area contributed by atoms with Gasteiger partial charge in [0.25, 0.3) is 5.91 Å². The Kier molecular flexibility index (Phi) is 15.4. The van der Waals surface area contributed by atoms with Gasteiger partial charge < -0.3 is 24.3 Å². The van der Waals surface area contributed by atoms with Gasteiger partial charge in [-0.15, -0.1) is 11.3 Å². The monoisotopic (exact) mass is 920 g/mol. The number of rotatable bonds is 10. The average molecular weight is 921 g/mol. The van der Waals surface area contributed by atoms with Crippen molar-refractivity contribution in [3.63, 3.8) is 0 Å². The zero-order valence-electron chi connectivity index (χ0n) is 39.5. The second-order valence-electron chi connectivity index (χ2n) is 18.9. The summed E-state index contributed by atoms with van der Waals surface area (Å²) < 4.78 is 14.2. The van der Waals surface area contributed by atoms with Gasteiger partial charge in [0, 0.05) is 78.6 Å². The number of fused-ring (bicyclic) bond motifs is 6. The molecular formula is C50H64N8O7S. The molecule has 0 saturated carbocycles. The van der Waals surface area contributed by atoms with Gasteiger partial charge in [0.2, 0.25) is 11.8 Å². The number of carbonyl (C=O) groups excluding carboxylic acids is 5. The van der Waals surface area contributed by atoms with E-state index in [1.807, 2.05) is 32.2 Å². The lowest BCUT2D eigenvalue weighted by Crippen LogP contribution is -2.62. The van der Waals surface area contributed by atoms with Crippen LogP contribution in [0.15, 0.2) is 41.9 Å². The van der Waals surface area contributed by atoms with E-state index in [1.54, 1.807) is 20.4 Å². The molecule has 15 nitrogen and oxygen atoms in total. The Morgan fingerprint density at radius 2 is 1.91 bits per heavy atom. The van der Waals surface area contributed by atoms with Crippen molar-refractivity contribution in [3.8, 4) is 34.4 Å². The Morgan fingerprint density at radius 1 is 1.14 bits per heavy atom. The Morgan fingerprint density at radius 3 is 2.62 bits per heavy atom. The van der Waals surface area contributed by atoms with E-state index < -0.39 is 41.3 Å². The molecule has 3 aromatic heterocycles. The Hall–Kier alpha value is -5.47. The number of methoxy groups -OCH3 is 1. The first-order valence-electron chi connectivity index (χ1n) is 23.2. The van der Waals surface area contributed by atoms with Crippen LogP contribution < -0.4 is 10.7 Å². The molecule has 7 rings (SSSR count). The zero-order chi connectivity index (χ0) is 47.3. The highest BCUT2D eigenvalue weighted by atomic mass is 32.1. The quantitative estimate of drug-likeness (QED) is 0.116. The second-order valence-corrected chi connectivity index (χ2v) is 19.8. The van der Waals surface area contributed by atoms with E-state index >= 15 is 0 Å². The Balaban J connectivity index is 1.24. The number of esters is 1. The van der Waals surface area contributed by atoms with E-state index in [9.17, 15) is 24.0 Å². The molecule has 66 heavy (non-hydrogen) atoms. The highest BCUT2D eigenvalue weighted by molar-refractivity contribution is 7.10. The molecule has 3 aliphatic heterocycles. The summed E-state index contributed by atoms with van der Waals surface area (Å²) in [5.74, 6) is 3.30. The largest absolute Gasteiger partial charge is 0.464 e. The molecule has 6 heterocycles. The smallest absolute Gasteiger partial charge is 0.324 e. The molecule has 4 aromatic rings. The van der Waals surface area contributed by atoms with Crippen molar-refractivity contribution in [3.05, 3.63) is 58.2 Å². The number of pyridine rings is 1. The normalized spacial score (nSPS) is 20.5. The number of hydrogen-bond acceptors (Lipinski definition) is 12. The molecule has 1 aromatic carbocycles. The van der Waals surface area contributed by atoms with Crippen LogP contribution >= 0.6 is 11.3 Å². The summed E-state index contributed by atoms with van der Waals surface area (Å²) in [5, 5.41) is 8.17. The van der Waals surface area contributed by atoms with Crippen molar-refractivity contribution in [2.75, 3.05) is 46.9 Å². The number of cyclic esters (lactones) is 1. The maximum atomic E-state index is 14.6. The van der Waals surface area contributed by atoms with E-state index in [4.69, 9.17) is 19.4 Å². The molecule has 0 radical (unpaired) electrons. The molecule has 352 valence electrons. The van der Waals surface area contributed by atoms with Crippen LogP contribution in [0, 0.1) is 29.1 Å². The molecule has 16 heteroatoms. The van der Waals surface area contributed by atoms with Crippen LogP contribution in [0.1, 0.15) is 89.6 Å². The number of likely N-dealkylation sites (N-methyl/N-ethyl adjacent to an activating group) is 1. The first kappa shape index (κ1) is 48.5. The van der Waals surface area contributed by atoms with Crippen molar-refractivity contribution in [2.24, 2.45) is 17.3 Å². The predicted molar refractivity (Wildman–Crippen MR) is 254 cm³/mol. The number of aldehydes is 1. The number of hydrazine groups is 1. The molecule has 2 fully saturated rings. The summed E-state index contributed by atoms with van der Waals surface area (Å²) in [6, 6.07) is 7.73. The fraction of sp³-hybridized carbons (Fsp3) is 0.540. The minimum Gasteiger partial charge on any atom is -0.464 e. The van der Waals surface area contributed by atoms with Gasteiger partial charge in [-0.2, -0.15) is 0 Å². The number of amides is 3. The summed E-state index contributed by atoms with van der Waals surface area (Å²) in [4.78, 5) is 81.2. The van der Waals surface area contributed by atoms with Crippen LogP contribution in [-0.4, -0.2) is 124 Å². The van der Waals surface area contributed by atoms with Gasteiger partial charge >= 0.3 is 5.97 Å². The minimum absolute atomic E-state index is 0.0932. The summed E-state index contributed by atoms with van der Waals surface area (Å²) >= 11 is 1.42. The molecule has 0 aliphatic carbocycles. The number of piperidine rings is 1. The van der Waals surface area contributed by atoms with Crippen LogP contribution in [0.3, 0.4) is 0 Å². The summed E-state index contributed by atoms with van der Waals surface area (Å²) in [7, 11) is 3.35. The third-order valence-electron chi connectivity index (χ3n) is 13.2. The molecule has 2 saturated heterocycles. The van der Waals surface area contributed by atoms with Crippen molar-refractivity contribution < 1.29 is 33.4 Å². The fourth-order valence-electron chi connectivity index (χ4n) is 9.71. The fourth-order valence-corrected chi connectivity index (χ4v) is 10.6. The number of nitrogens with one attached hydrogen (secondary N) is 2. The number of benzene rings is 1. The molecule has 4 atom stereocenters. The predicted octanol–water partition coefficient (Wildman–Crippen LogP) is 5.60. The van der Waals surface area contributed by atoms with Gasteiger partial charge in [0.1, 0.15) is 18.1 Å². The van der Waals surface area contributed by atoms with E-state index in [2.05, 4.69) is 77.1 Å². The Labute approximate surface area is 391 Å². The molecule has 6 bridgehead atoms. The van der Waals surface area contributed by atoms with Gasteiger partial charge in [-0.1, -0.05) is 39.7 Å². The standard InChI is InChI=1S/C50H64N8O7S/c1-9-57-41-17-16-34-26-36(41)37(45(57)35-14-12-20-51-43(35)32(4)64-8)28-50(5,6)30-65-49(63)38-15-13-22-58(54-38)48(62)39(27-42-52-40(34)29-66-42)53-46(60)44(31(2)3)55(7)47(61)33-18-23-56(24-19-33)21-10-11-25-59/h12,14,16-17,20,25-26,29,31-33,38-39,44,54H,9,13,15,18-19,21-24,27-28,30H2,1-8H3,(H,53,60). The topological polar surface area (TPSA) is 168 Å². The number of ether oxygens (including phenoxy) is 2. The van der Waals surface area contributed by atoms with Crippen molar-refractivity contribution in [1.82, 2.24) is 40.1 Å². The highest BCUT2D eigenvalue weighted by Gasteiger charge is 2.39. The van der Waals surface area contributed by atoms with Gasteiger partial charge in [0.15, 0.2) is 6.29 Å². The molecule has 0 spiro atoms. The van der Waals surface area contributed by atoms with Crippen molar-refractivity contribution >= 4 is 52.2 Å². The molecule has 2 N–H and O–H groups in total. The molecule has 3 amide bonds. The van der Waals surface area contributed by atoms with E-state index in [-0.39, 0.29) is 36.9 Å². The second kappa shape index (κ2) is 21.0. The van der Waals surface area contributed by atoms with Gasteiger partial charge in [0.05, 0.1) is 41.3 Å². The summed E-state index contributed by atoms with van der Waals surface area (Å²) in [5.41, 5.74) is 9.31. The van der Waals surface area contributed by atoms with Crippen molar-refractivity contribution in [1.29, 1.82) is 0 Å². The number of aromatic nitrogens is 3. The number of likely N-dealkylation sites (tertiary alicyclic amines) is 1. The van der Waals surface area contributed by atoms with Crippen LogP contribution in [0.25, 0.3) is 33.4 Å². The number of carbonyl (C=O) groups is 5. The number of thiazole rings is 1. The third kappa shape index (κ3) is 10.5. The van der Waals surface area contributed by atoms with Crippen LogP contribution in [-0.2, 0) is 52.8 Å². The third-order valence-corrected chi connectivity index (χ3v) is 14.1. The van der Waals surface area contributed by atoms with Gasteiger partial charge in [-0.25, -0.2) is 10.4 Å². The lowest BCUT2D eigenvalue weighted by Gasteiger charge is -2.38. The molecular weight excluding hydrogens is 857 g/mol. The van der Waals surface area contributed by atoms with E-state index in [0.717, 1.165) is 44.7 Å². The van der Waals surface area contributed by atoms with Gasteiger partial charge in [-0.05, 0) is 101 Å². The van der Waals surface area contributed by atoms with Crippen LogP contribution in [0.4, 0.5) is 0 Å². The highest BCUT2D eigenvalue weighted by Crippen LogP contribution is 2.42. The number of aryl methyl sites for hydroxylation is 1. The lowest BCUT2D eigenvalue weighted by atomic mass is 9.84. The number of nitrogens with zero attached hydrogens (tertiary/aromatic N) is 6. The van der Waals surface area contributed by atoms with Crippen molar-refractivity contribution in [2.45, 2.75) is 111 Å². The average Bonchev–Trinajstić information content (AvgIpc) is 3.91. The zero-order valence-corrected chi connectivity index (χ0v) is 40.3.